The molecule has 3 aromatic carbocycles. The van der Waals surface area contributed by atoms with Crippen molar-refractivity contribution in [3.05, 3.63) is 66.7 Å². The number of unbranched alkanes of at least 4 members (excludes halogenated alkanes) is 1. The van der Waals surface area contributed by atoms with Crippen molar-refractivity contribution in [3.8, 4) is 0 Å². The molecule has 12 nitrogen and oxygen atoms in total. The van der Waals surface area contributed by atoms with Crippen molar-refractivity contribution >= 4 is 55.5 Å². The van der Waals surface area contributed by atoms with Crippen molar-refractivity contribution < 1.29 is 41.0 Å². The summed E-state index contributed by atoms with van der Waals surface area (Å²) in [6, 6.07) is 21.0. The van der Waals surface area contributed by atoms with Crippen LogP contribution in [0.1, 0.15) is 59.3 Å². The third-order valence-electron chi connectivity index (χ3n) is 8.52. The Balaban J connectivity index is 0.000000815. The molecule has 4 aromatic rings. The Bertz CT molecular complexity index is 1950. The van der Waals surface area contributed by atoms with Crippen molar-refractivity contribution in [2.24, 2.45) is 11.8 Å². The number of sulfonamides is 1. The van der Waals surface area contributed by atoms with Crippen LogP contribution in [0.3, 0.4) is 0 Å². The highest BCUT2D eigenvalue weighted by Crippen LogP contribution is 2.30. The Hall–Kier alpha value is -4.70. The lowest BCUT2D eigenvalue weighted by Crippen LogP contribution is -2.33. The van der Waals surface area contributed by atoms with Crippen molar-refractivity contribution in [2.45, 2.75) is 76.0 Å². The van der Waals surface area contributed by atoms with Crippen LogP contribution in [0.4, 0.5) is 29.7 Å². The number of carbonyl (C=O) groups excluding carboxylic acids is 1. The highest BCUT2D eigenvalue weighted by molar-refractivity contribution is 7.89. The summed E-state index contributed by atoms with van der Waals surface area (Å²) in [7, 11) is -3.56. The predicted molar refractivity (Wildman–Crippen MR) is 198 cm³/mol. The molecule has 0 spiro atoms. The lowest BCUT2D eigenvalue weighted by molar-refractivity contribution is -0.192. The van der Waals surface area contributed by atoms with E-state index >= 15 is 0 Å². The van der Waals surface area contributed by atoms with Crippen molar-refractivity contribution in [1.82, 2.24) is 20.0 Å². The number of hydrogen-bond acceptors (Lipinski definition) is 9. The molecular formula is C37H47F3N6O6S. The Morgan fingerprint density at radius 2 is 1.43 bits per heavy atom. The first-order valence-corrected chi connectivity index (χ1v) is 19.0. The second-order valence-electron chi connectivity index (χ2n) is 13.9. The molecule has 1 saturated carbocycles. The van der Waals surface area contributed by atoms with E-state index < -0.39 is 33.9 Å². The fourth-order valence-electron chi connectivity index (χ4n) is 5.77. The highest BCUT2D eigenvalue weighted by Gasteiger charge is 2.38. The molecule has 1 fully saturated rings. The van der Waals surface area contributed by atoms with E-state index in [1.165, 1.54) is 0 Å². The van der Waals surface area contributed by atoms with Gasteiger partial charge in [-0.25, -0.2) is 27.7 Å². The number of carbonyl (C=O) groups is 2. The summed E-state index contributed by atoms with van der Waals surface area (Å²) in [5.41, 5.74) is 0.365. The number of benzene rings is 3. The minimum atomic E-state index is -5.08. The number of fused-ring (bicyclic) bond motifs is 2. The molecule has 0 radical (unpaired) electrons. The number of carboxylic acids is 1. The third-order valence-corrected chi connectivity index (χ3v) is 9.94. The first kappa shape index (κ1) is 41.1. The molecule has 5 rings (SSSR count). The van der Waals surface area contributed by atoms with Gasteiger partial charge in [-0.1, -0.05) is 42.5 Å². The number of nitrogens with one attached hydrogen (secondary N) is 4. The molecule has 1 heterocycles. The number of nitrogens with zero attached hydrogens (tertiary/aromatic N) is 2. The number of hydrogen-bond donors (Lipinski definition) is 5. The molecule has 5 N–H and O–H groups in total. The van der Waals surface area contributed by atoms with Gasteiger partial charge in [0.15, 0.2) is 0 Å². The normalized spacial score (nSPS) is 16.3. The number of anilines is 2. The van der Waals surface area contributed by atoms with E-state index in [2.05, 4.69) is 20.7 Å². The molecule has 288 valence electrons. The van der Waals surface area contributed by atoms with Crippen LogP contribution in [0.5, 0.6) is 0 Å². The van der Waals surface area contributed by atoms with Crippen LogP contribution in [-0.2, 0) is 19.6 Å². The average molecular weight is 761 g/mol. The molecule has 1 amide bonds. The number of para-hydroxylation sites is 1. The van der Waals surface area contributed by atoms with Gasteiger partial charge in [-0.2, -0.15) is 18.2 Å². The number of alkyl halides is 3. The third kappa shape index (κ3) is 13.3. The number of rotatable bonds is 13. The van der Waals surface area contributed by atoms with Gasteiger partial charge in [0.05, 0.1) is 10.4 Å². The first-order chi connectivity index (χ1) is 25.0. The topological polar surface area (TPSA) is 172 Å². The predicted octanol–water partition coefficient (Wildman–Crippen LogP) is 7.33. The van der Waals surface area contributed by atoms with Gasteiger partial charge in [0.25, 0.3) is 0 Å². The van der Waals surface area contributed by atoms with Crippen LogP contribution in [0, 0.1) is 11.8 Å². The van der Waals surface area contributed by atoms with Gasteiger partial charge in [0.2, 0.25) is 16.0 Å². The number of ether oxygens (including phenoxy) is 1. The minimum absolute atomic E-state index is 0.309. The van der Waals surface area contributed by atoms with Gasteiger partial charge < -0.3 is 25.8 Å². The van der Waals surface area contributed by atoms with Gasteiger partial charge in [-0.3, -0.25) is 0 Å². The monoisotopic (exact) mass is 760 g/mol. The quantitative estimate of drug-likeness (QED) is 0.0870. The maximum atomic E-state index is 13.0. The molecule has 1 aromatic heterocycles. The zero-order valence-electron chi connectivity index (χ0n) is 30.0. The Morgan fingerprint density at radius 1 is 0.830 bits per heavy atom. The SMILES string of the molecule is CC(C)(C)OC(=O)NCCCCNc1nc(NCC2CCC(CNS(=O)(=O)c3ccc4ccccc4c3)CC2)nc2ccccc12.O=C(O)C(F)(F)F. The van der Waals surface area contributed by atoms with E-state index in [0.29, 0.717) is 42.3 Å². The van der Waals surface area contributed by atoms with Crippen LogP contribution in [0.15, 0.2) is 71.6 Å². The molecular weight excluding hydrogens is 714 g/mol. The fourth-order valence-corrected chi connectivity index (χ4v) is 6.92. The van der Waals surface area contributed by atoms with E-state index in [9.17, 15) is 26.4 Å². The second-order valence-corrected chi connectivity index (χ2v) is 15.7. The fraction of sp³-hybridized carbons (Fsp3) is 0.459. The Kier molecular flexibility index (Phi) is 14.2. The minimum Gasteiger partial charge on any atom is -0.475 e. The van der Waals surface area contributed by atoms with Crippen LogP contribution >= 0.6 is 0 Å². The lowest BCUT2D eigenvalue weighted by atomic mass is 9.82. The van der Waals surface area contributed by atoms with Crippen molar-refractivity contribution in [2.75, 3.05) is 36.8 Å². The van der Waals surface area contributed by atoms with E-state index in [1.54, 1.807) is 12.1 Å². The summed E-state index contributed by atoms with van der Waals surface area (Å²) in [5.74, 6) is -0.586. The van der Waals surface area contributed by atoms with Gasteiger partial charge in [0.1, 0.15) is 11.4 Å². The van der Waals surface area contributed by atoms with Gasteiger partial charge in [-0.05, 0) is 106 Å². The van der Waals surface area contributed by atoms with Crippen LogP contribution in [0.2, 0.25) is 0 Å². The molecule has 0 atom stereocenters. The van der Waals surface area contributed by atoms with Gasteiger partial charge >= 0.3 is 18.2 Å². The number of aliphatic carboxylic acids is 1. The van der Waals surface area contributed by atoms with E-state index in [0.717, 1.165) is 72.6 Å². The zero-order chi connectivity index (χ0) is 38.6. The molecule has 1 aliphatic carbocycles. The molecule has 0 bridgehead atoms. The molecule has 1 aliphatic rings. The molecule has 0 unspecified atom stereocenters. The maximum absolute atomic E-state index is 13.0. The number of aromatic nitrogens is 2. The number of halogens is 3. The van der Waals surface area contributed by atoms with Crippen molar-refractivity contribution in [3.63, 3.8) is 0 Å². The number of carboxylic acid groups (broad SMARTS) is 1. The summed E-state index contributed by atoms with van der Waals surface area (Å²) >= 11 is 0. The van der Waals surface area contributed by atoms with Crippen molar-refractivity contribution in [1.29, 1.82) is 0 Å². The molecule has 0 saturated heterocycles. The largest absolute Gasteiger partial charge is 0.490 e. The molecule has 0 aliphatic heterocycles. The first-order valence-electron chi connectivity index (χ1n) is 17.5. The summed E-state index contributed by atoms with van der Waals surface area (Å²) in [6.07, 6.45) is 0.179. The maximum Gasteiger partial charge on any atom is 0.490 e. The Morgan fingerprint density at radius 3 is 2.09 bits per heavy atom. The standard InChI is InChI=1S/C35H46N6O4S.C2HF3O2/c1-35(2,3)45-34(42)37-21-9-8-20-36-32-30-12-6-7-13-31(30)40-33(41-32)38-23-25-14-16-26(17-15-25)24-39-46(43,44)29-19-18-27-10-4-5-11-28(27)22-29;3-2(4,5)1(6)7/h4-7,10-13,18-19,22,25-26,39H,8-9,14-17,20-21,23-24H2,1-3H3,(H,37,42)(H2,36,38,40,41);(H,6,7). The second kappa shape index (κ2) is 18.4. The zero-order valence-corrected chi connectivity index (χ0v) is 30.8. The highest BCUT2D eigenvalue weighted by atomic mass is 32.2. The molecule has 53 heavy (non-hydrogen) atoms. The van der Waals surface area contributed by atoms with E-state index in [-0.39, 0.29) is 0 Å². The van der Waals surface area contributed by atoms with Gasteiger partial charge in [-0.15, -0.1) is 0 Å². The number of amides is 1. The lowest BCUT2D eigenvalue weighted by Gasteiger charge is -2.28. The van der Waals surface area contributed by atoms with Crippen LogP contribution in [0.25, 0.3) is 21.7 Å². The summed E-state index contributed by atoms with van der Waals surface area (Å²) in [5, 5.41) is 19.7. The summed E-state index contributed by atoms with van der Waals surface area (Å²) < 4.78 is 65.8. The summed E-state index contributed by atoms with van der Waals surface area (Å²) in [6.45, 7) is 8.03. The van der Waals surface area contributed by atoms with E-state index in [4.69, 9.17) is 24.6 Å². The van der Waals surface area contributed by atoms with Crippen LogP contribution < -0.4 is 20.7 Å². The number of alkyl carbamates (subject to hydrolysis) is 1. The Labute approximate surface area is 307 Å². The van der Waals surface area contributed by atoms with Crippen LogP contribution in [-0.4, -0.2) is 73.5 Å². The smallest absolute Gasteiger partial charge is 0.475 e. The average Bonchev–Trinajstić information content (AvgIpc) is 3.10. The van der Waals surface area contributed by atoms with E-state index in [1.807, 2.05) is 75.4 Å². The summed E-state index contributed by atoms with van der Waals surface area (Å²) in [4.78, 5) is 30.6. The molecule has 16 heteroatoms. The van der Waals surface area contributed by atoms with Gasteiger partial charge in [0, 0.05) is 31.6 Å².